The molecule has 0 atom stereocenters. The number of aromatic nitrogens is 1. The second kappa shape index (κ2) is 2.35. The van der Waals surface area contributed by atoms with Crippen molar-refractivity contribution in [2.45, 2.75) is 18.8 Å². The van der Waals surface area contributed by atoms with Crippen molar-refractivity contribution in [3.63, 3.8) is 0 Å². The number of nitrogens with zero attached hydrogens (tertiary/aromatic N) is 1. The number of halogens is 1. The van der Waals surface area contributed by atoms with E-state index >= 15 is 0 Å². The molecule has 1 radical (unpaired) electrons. The summed E-state index contributed by atoms with van der Waals surface area (Å²) in [5.74, 6) is 0.742. The van der Waals surface area contributed by atoms with Gasteiger partial charge in [-0.05, 0) is 40.9 Å². The van der Waals surface area contributed by atoms with Gasteiger partial charge in [-0.15, -0.1) is 0 Å². The minimum absolute atomic E-state index is 0.742. The number of pyridine rings is 1. The highest BCUT2D eigenvalue weighted by Gasteiger charge is 2.24. The maximum atomic E-state index is 4.30. The molecule has 1 heterocycles. The fourth-order valence-corrected chi connectivity index (χ4v) is 1.32. The fraction of sp³-hybridized carbons (Fsp3) is 0.375. The lowest BCUT2D eigenvalue weighted by molar-refractivity contribution is 1.01. The Kier molecular flexibility index (Phi) is 1.49. The van der Waals surface area contributed by atoms with Gasteiger partial charge < -0.3 is 0 Å². The molecule has 51 valence electrons. The van der Waals surface area contributed by atoms with E-state index in [0.29, 0.717) is 0 Å². The van der Waals surface area contributed by atoms with Crippen LogP contribution in [0.3, 0.4) is 0 Å². The van der Waals surface area contributed by atoms with E-state index in [2.05, 4.69) is 27.0 Å². The van der Waals surface area contributed by atoms with Crippen molar-refractivity contribution < 1.29 is 0 Å². The zero-order valence-corrected chi connectivity index (χ0v) is 7.06. The quantitative estimate of drug-likeness (QED) is 0.630. The molecule has 1 saturated carbocycles. The van der Waals surface area contributed by atoms with Crippen LogP contribution in [0.4, 0.5) is 0 Å². The third kappa shape index (κ3) is 1.21. The average molecular weight is 197 g/mol. The molecule has 1 fully saturated rings. The Morgan fingerprint density at radius 2 is 2.40 bits per heavy atom. The summed E-state index contributed by atoms with van der Waals surface area (Å²) in [4.78, 5) is 4.30. The molecule has 10 heavy (non-hydrogen) atoms. The maximum Gasteiger partial charge on any atom is 0.114 e. The van der Waals surface area contributed by atoms with E-state index in [0.717, 1.165) is 10.5 Å². The topological polar surface area (TPSA) is 12.9 Å². The van der Waals surface area contributed by atoms with Crippen LogP contribution >= 0.6 is 15.9 Å². The number of hydrogen-bond donors (Lipinski definition) is 0. The predicted molar refractivity (Wildman–Crippen MR) is 42.7 cm³/mol. The summed E-state index contributed by atoms with van der Waals surface area (Å²) in [7, 11) is 0. The lowest BCUT2D eigenvalue weighted by atomic mass is 10.3. The molecular formula is C8H7BrN. The van der Waals surface area contributed by atoms with Crippen LogP contribution in [-0.2, 0) is 0 Å². The Morgan fingerprint density at radius 1 is 1.60 bits per heavy atom. The molecule has 0 amide bonds. The Labute approximate surface area is 68.6 Å². The van der Waals surface area contributed by atoms with E-state index in [-0.39, 0.29) is 0 Å². The van der Waals surface area contributed by atoms with Crippen molar-refractivity contribution >= 4 is 15.9 Å². The highest BCUT2D eigenvalue weighted by Crippen LogP contribution is 2.38. The fourth-order valence-electron chi connectivity index (χ4n) is 0.985. The van der Waals surface area contributed by atoms with Crippen LogP contribution < -0.4 is 0 Å². The Hall–Kier alpha value is -0.370. The van der Waals surface area contributed by atoms with Crippen LogP contribution in [0.2, 0.25) is 0 Å². The van der Waals surface area contributed by atoms with Gasteiger partial charge in [-0.25, -0.2) is 4.98 Å². The van der Waals surface area contributed by atoms with Crippen molar-refractivity contribution in [1.82, 2.24) is 4.98 Å². The maximum absolute atomic E-state index is 4.30. The first kappa shape index (κ1) is 6.35. The molecular weight excluding hydrogens is 190 g/mol. The molecule has 0 N–H and O–H groups in total. The second-order valence-electron chi connectivity index (χ2n) is 2.58. The summed E-state index contributed by atoms with van der Waals surface area (Å²) in [5.41, 5.74) is 1.21. The molecule has 0 bridgehead atoms. The van der Waals surface area contributed by atoms with Crippen molar-refractivity contribution in [3.8, 4) is 0 Å². The molecule has 1 aliphatic carbocycles. The first-order chi connectivity index (χ1) is 4.86. The van der Waals surface area contributed by atoms with Gasteiger partial charge in [0.15, 0.2) is 0 Å². The van der Waals surface area contributed by atoms with Crippen LogP contribution in [0.25, 0.3) is 0 Å². The molecule has 1 aromatic heterocycles. The van der Waals surface area contributed by atoms with Crippen molar-refractivity contribution in [3.05, 3.63) is 28.5 Å². The molecule has 1 aliphatic rings. The lowest BCUT2D eigenvalue weighted by Crippen LogP contribution is -1.84. The summed E-state index contributed by atoms with van der Waals surface area (Å²) >= 11 is 3.29. The third-order valence-electron chi connectivity index (χ3n) is 1.68. The van der Waals surface area contributed by atoms with E-state index in [4.69, 9.17) is 0 Å². The first-order valence-corrected chi connectivity index (χ1v) is 4.20. The van der Waals surface area contributed by atoms with Crippen molar-refractivity contribution in [2.75, 3.05) is 0 Å². The molecule has 1 aromatic rings. The minimum Gasteiger partial charge on any atom is -0.245 e. The molecule has 0 aromatic carbocycles. The minimum atomic E-state index is 0.742. The summed E-state index contributed by atoms with van der Waals surface area (Å²) in [6.45, 7) is 0. The standard InChI is InChI=1S/C8H7BrN/c9-8-3-1-2-7(10-8)6-4-5-6/h1-2,6H,4-5H2. The first-order valence-electron chi connectivity index (χ1n) is 3.40. The Balaban J connectivity index is 2.32. The summed E-state index contributed by atoms with van der Waals surface area (Å²) in [6.07, 6.45) is 2.62. The third-order valence-corrected chi connectivity index (χ3v) is 2.09. The zero-order valence-electron chi connectivity index (χ0n) is 5.47. The van der Waals surface area contributed by atoms with Gasteiger partial charge >= 0.3 is 0 Å². The van der Waals surface area contributed by atoms with Gasteiger partial charge in [0.05, 0.1) is 0 Å². The monoisotopic (exact) mass is 196 g/mol. The van der Waals surface area contributed by atoms with E-state index in [9.17, 15) is 0 Å². The highest BCUT2D eigenvalue weighted by atomic mass is 79.9. The largest absolute Gasteiger partial charge is 0.245 e. The van der Waals surface area contributed by atoms with Crippen LogP contribution in [-0.4, -0.2) is 4.98 Å². The lowest BCUT2D eigenvalue weighted by Gasteiger charge is -1.94. The van der Waals surface area contributed by atoms with Crippen LogP contribution in [0.1, 0.15) is 24.5 Å². The van der Waals surface area contributed by atoms with Gasteiger partial charge in [0.2, 0.25) is 0 Å². The average Bonchev–Trinajstić information content (AvgIpc) is 2.68. The number of rotatable bonds is 1. The SMILES string of the molecule is Brc1[c]ccc(C2CC2)n1. The zero-order chi connectivity index (χ0) is 6.97. The van der Waals surface area contributed by atoms with Crippen LogP contribution in [0.5, 0.6) is 0 Å². The second-order valence-corrected chi connectivity index (χ2v) is 3.33. The van der Waals surface area contributed by atoms with Gasteiger partial charge in [0, 0.05) is 17.7 Å². The smallest absolute Gasteiger partial charge is 0.114 e. The van der Waals surface area contributed by atoms with Crippen molar-refractivity contribution in [1.29, 1.82) is 0 Å². The van der Waals surface area contributed by atoms with E-state index < -0.39 is 0 Å². The molecule has 0 unspecified atom stereocenters. The van der Waals surface area contributed by atoms with Gasteiger partial charge in [0.25, 0.3) is 0 Å². The molecule has 0 spiro atoms. The van der Waals surface area contributed by atoms with Gasteiger partial charge in [-0.2, -0.15) is 0 Å². The van der Waals surface area contributed by atoms with Crippen LogP contribution in [0.15, 0.2) is 16.7 Å². The van der Waals surface area contributed by atoms with E-state index in [1.165, 1.54) is 18.5 Å². The Bertz CT molecular complexity index is 243. The predicted octanol–water partition coefficient (Wildman–Crippen LogP) is 2.52. The van der Waals surface area contributed by atoms with E-state index in [1.807, 2.05) is 12.1 Å². The van der Waals surface area contributed by atoms with Gasteiger partial charge in [0.1, 0.15) is 4.60 Å². The summed E-state index contributed by atoms with van der Waals surface area (Å²) in [5, 5.41) is 0. The number of hydrogen-bond acceptors (Lipinski definition) is 1. The molecule has 2 rings (SSSR count). The van der Waals surface area contributed by atoms with Gasteiger partial charge in [-0.3, -0.25) is 0 Å². The molecule has 1 nitrogen and oxygen atoms in total. The molecule has 0 aliphatic heterocycles. The highest BCUT2D eigenvalue weighted by molar-refractivity contribution is 9.10. The van der Waals surface area contributed by atoms with Crippen LogP contribution in [0, 0.1) is 6.07 Å². The van der Waals surface area contributed by atoms with E-state index in [1.54, 1.807) is 0 Å². The van der Waals surface area contributed by atoms with Gasteiger partial charge in [-0.1, -0.05) is 0 Å². The molecule has 2 heteroatoms. The van der Waals surface area contributed by atoms with Crippen molar-refractivity contribution in [2.24, 2.45) is 0 Å². The normalized spacial score (nSPS) is 17.3. The summed E-state index contributed by atoms with van der Waals surface area (Å²) < 4.78 is 0.830. The summed E-state index contributed by atoms with van der Waals surface area (Å²) in [6, 6.07) is 6.93. The Morgan fingerprint density at radius 3 is 3.00 bits per heavy atom. The molecule has 0 saturated heterocycles.